The van der Waals surface area contributed by atoms with Crippen molar-refractivity contribution in [3.8, 4) is 22.8 Å². The summed E-state index contributed by atoms with van der Waals surface area (Å²) in [6, 6.07) is 7.79. The maximum Gasteiger partial charge on any atom is 0.223 e. The van der Waals surface area contributed by atoms with Gasteiger partial charge in [-0.3, -0.25) is 0 Å². The predicted octanol–water partition coefficient (Wildman–Crippen LogP) is 4.68. The van der Waals surface area contributed by atoms with Crippen molar-refractivity contribution in [3.05, 3.63) is 58.2 Å². The molecule has 7 heteroatoms. The van der Waals surface area contributed by atoms with Crippen LogP contribution in [0, 0.1) is 13.8 Å². The first-order valence-corrected chi connectivity index (χ1v) is 8.71. The van der Waals surface area contributed by atoms with Gasteiger partial charge in [-0.25, -0.2) is 9.97 Å². The Labute approximate surface area is 148 Å². The molecule has 0 saturated heterocycles. The molecular formula is C18H16N4O2S. The molecule has 0 saturated carbocycles. The van der Waals surface area contributed by atoms with E-state index in [0.717, 1.165) is 16.8 Å². The maximum absolute atomic E-state index is 5.56. The van der Waals surface area contributed by atoms with Crippen LogP contribution >= 0.6 is 11.3 Å². The number of nitrogens with zero attached hydrogens (tertiary/aromatic N) is 3. The van der Waals surface area contributed by atoms with Gasteiger partial charge in [0.2, 0.25) is 5.95 Å². The predicted molar refractivity (Wildman–Crippen MR) is 96.4 cm³/mol. The zero-order valence-electron chi connectivity index (χ0n) is 13.8. The molecule has 25 heavy (non-hydrogen) atoms. The molecule has 4 aromatic rings. The molecule has 0 atom stereocenters. The van der Waals surface area contributed by atoms with Crippen molar-refractivity contribution in [3.63, 3.8) is 0 Å². The van der Waals surface area contributed by atoms with Crippen molar-refractivity contribution >= 4 is 17.3 Å². The summed E-state index contributed by atoms with van der Waals surface area (Å²) in [4.78, 5) is 10.3. The summed E-state index contributed by atoms with van der Waals surface area (Å²) >= 11 is 1.69. The van der Waals surface area contributed by atoms with Gasteiger partial charge in [0, 0.05) is 16.6 Å². The van der Waals surface area contributed by atoms with E-state index in [0.29, 0.717) is 29.7 Å². The SMILES string of the molecule is Cc1noc(-c2cnc(NCc3cccs3)nc2-c2ccco2)c1C. The number of hydrogen-bond acceptors (Lipinski definition) is 7. The second kappa shape index (κ2) is 6.52. The lowest BCUT2D eigenvalue weighted by Crippen LogP contribution is -2.04. The van der Waals surface area contributed by atoms with E-state index in [1.165, 1.54) is 4.88 Å². The largest absolute Gasteiger partial charge is 0.463 e. The fourth-order valence-corrected chi connectivity index (χ4v) is 3.12. The molecule has 6 nitrogen and oxygen atoms in total. The molecule has 0 aliphatic carbocycles. The standard InChI is InChI=1S/C18H16N4O2S/c1-11-12(2)22-24-17(11)14-10-20-18(19-9-13-5-4-8-25-13)21-16(14)15-6-3-7-23-15/h3-8,10H,9H2,1-2H3,(H,19,20,21). The van der Waals surface area contributed by atoms with Crippen LogP contribution < -0.4 is 5.32 Å². The van der Waals surface area contributed by atoms with Crippen LogP contribution in [-0.4, -0.2) is 15.1 Å². The Morgan fingerprint density at radius 3 is 2.80 bits per heavy atom. The zero-order chi connectivity index (χ0) is 17.2. The molecule has 0 amide bonds. The van der Waals surface area contributed by atoms with E-state index < -0.39 is 0 Å². The van der Waals surface area contributed by atoms with Crippen LogP contribution in [-0.2, 0) is 6.54 Å². The average molecular weight is 352 g/mol. The van der Waals surface area contributed by atoms with Crippen molar-refractivity contribution in [1.29, 1.82) is 0 Å². The maximum atomic E-state index is 5.56. The minimum absolute atomic E-state index is 0.539. The number of anilines is 1. The molecule has 126 valence electrons. The highest BCUT2D eigenvalue weighted by molar-refractivity contribution is 7.09. The average Bonchev–Trinajstić information content (AvgIpc) is 3.37. The molecule has 0 bridgehead atoms. The number of aromatic nitrogens is 3. The number of nitrogens with one attached hydrogen (secondary N) is 1. The van der Waals surface area contributed by atoms with Gasteiger partial charge < -0.3 is 14.3 Å². The molecule has 0 radical (unpaired) electrons. The quantitative estimate of drug-likeness (QED) is 0.562. The molecule has 0 aliphatic rings. The Morgan fingerprint density at radius 1 is 1.20 bits per heavy atom. The fourth-order valence-electron chi connectivity index (χ4n) is 2.48. The topological polar surface area (TPSA) is 77.0 Å². The van der Waals surface area contributed by atoms with E-state index in [4.69, 9.17) is 8.94 Å². The summed E-state index contributed by atoms with van der Waals surface area (Å²) in [5, 5.41) is 9.33. The normalized spacial score (nSPS) is 11.0. The van der Waals surface area contributed by atoms with E-state index in [1.54, 1.807) is 23.8 Å². The summed E-state index contributed by atoms with van der Waals surface area (Å²) in [6.45, 7) is 4.55. The van der Waals surface area contributed by atoms with Gasteiger partial charge >= 0.3 is 0 Å². The molecule has 0 fully saturated rings. The molecule has 4 rings (SSSR count). The zero-order valence-corrected chi connectivity index (χ0v) is 14.6. The van der Waals surface area contributed by atoms with Gasteiger partial charge in [0.1, 0.15) is 5.69 Å². The number of furan rings is 1. The summed E-state index contributed by atoms with van der Waals surface area (Å²) in [6.07, 6.45) is 3.37. The van der Waals surface area contributed by atoms with E-state index in [1.807, 2.05) is 37.4 Å². The number of thiophene rings is 1. The first kappa shape index (κ1) is 15.6. The lowest BCUT2D eigenvalue weighted by Gasteiger charge is -2.08. The van der Waals surface area contributed by atoms with E-state index in [-0.39, 0.29) is 0 Å². The van der Waals surface area contributed by atoms with E-state index >= 15 is 0 Å². The molecule has 0 aliphatic heterocycles. The Morgan fingerprint density at radius 2 is 2.12 bits per heavy atom. The Hall–Kier alpha value is -2.93. The van der Waals surface area contributed by atoms with Gasteiger partial charge in [-0.1, -0.05) is 11.2 Å². The highest BCUT2D eigenvalue weighted by Crippen LogP contribution is 2.33. The molecule has 0 aromatic carbocycles. The molecule has 4 heterocycles. The van der Waals surface area contributed by atoms with Crippen LogP contribution in [0.5, 0.6) is 0 Å². The Kier molecular flexibility index (Phi) is 4.07. The minimum Gasteiger partial charge on any atom is -0.463 e. The highest BCUT2D eigenvalue weighted by Gasteiger charge is 2.20. The summed E-state index contributed by atoms with van der Waals surface area (Å²) in [5.41, 5.74) is 3.25. The third-order valence-electron chi connectivity index (χ3n) is 3.95. The Balaban J connectivity index is 1.73. The van der Waals surface area contributed by atoms with Crippen LogP contribution in [0.2, 0.25) is 0 Å². The van der Waals surface area contributed by atoms with Gasteiger partial charge in [-0.05, 0) is 37.4 Å². The first-order chi connectivity index (χ1) is 12.2. The van der Waals surface area contributed by atoms with Crippen molar-refractivity contribution in [1.82, 2.24) is 15.1 Å². The van der Waals surface area contributed by atoms with E-state index in [9.17, 15) is 0 Å². The molecule has 0 spiro atoms. The highest BCUT2D eigenvalue weighted by atomic mass is 32.1. The third kappa shape index (κ3) is 3.06. The lowest BCUT2D eigenvalue weighted by atomic mass is 10.1. The van der Waals surface area contributed by atoms with Crippen molar-refractivity contribution < 1.29 is 8.94 Å². The number of rotatable bonds is 5. The first-order valence-electron chi connectivity index (χ1n) is 7.83. The second-order valence-corrected chi connectivity index (χ2v) is 6.62. The molecule has 1 N–H and O–H groups in total. The summed E-state index contributed by atoms with van der Waals surface area (Å²) < 4.78 is 11.0. The summed E-state index contributed by atoms with van der Waals surface area (Å²) in [5.74, 6) is 1.86. The molecule has 4 aromatic heterocycles. The van der Waals surface area contributed by atoms with E-state index in [2.05, 4.69) is 26.5 Å². The lowest BCUT2D eigenvalue weighted by molar-refractivity contribution is 0.426. The molecular weight excluding hydrogens is 336 g/mol. The van der Waals surface area contributed by atoms with Gasteiger partial charge in [0.05, 0.1) is 24.1 Å². The van der Waals surface area contributed by atoms with Crippen molar-refractivity contribution in [2.75, 3.05) is 5.32 Å². The number of hydrogen-bond donors (Lipinski definition) is 1. The van der Waals surface area contributed by atoms with Crippen LogP contribution in [0.4, 0.5) is 5.95 Å². The van der Waals surface area contributed by atoms with Crippen LogP contribution in [0.1, 0.15) is 16.1 Å². The van der Waals surface area contributed by atoms with Crippen molar-refractivity contribution in [2.45, 2.75) is 20.4 Å². The van der Waals surface area contributed by atoms with Crippen LogP contribution in [0.3, 0.4) is 0 Å². The van der Waals surface area contributed by atoms with Gasteiger partial charge in [0.15, 0.2) is 11.5 Å². The van der Waals surface area contributed by atoms with Crippen molar-refractivity contribution in [2.24, 2.45) is 0 Å². The minimum atomic E-state index is 0.539. The van der Waals surface area contributed by atoms with Crippen LogP contribution in [0.25, 0.3) is 22.8 Å². The fraction of sp³-hybridized carbons (Fsp3) is 0.167. The van der Waals surface area contributed by atoms with Gasteiger partial charge in [0.25, 0.3) is 0 Å². The number of aryl methyl sites for hydroxylation is 1. The monoisotopic (exact) mass is 352 g/mol. The second-order valence-electron chi connectivity index (χ2n) is 5.59. The van der Waals surface area contributed by atoms with Gasteiger partial charge in [-0.2, -0.15) is 0 Å². The molecule has 0 unspecified atom stereocenters. The summed E-state index contributed by atoms with van der Waals surface area (Å²) in [7, 11) is 0. The third-order valence-corrected chi connectivity index (χ3v) is 4.82. The Bertz CT molecular complexity index is 975. The smallest absolute Gasteiger partial charge is 0.223 e. The van der Waals surface area contributed by atoms with Gasteiger partial charge in [-0.15, -0.1) is 11.3 Å². The van der Waals surface area contributed by atoms with Crippen LogP contribution in [0.15, 0.2) is 51.0 Å².